The first kappa shape index (κ1) is 17.1. The van der Waals surface area contributed by atoms with Crippen molar-refractivity contribution in [3.8, 4) is 0 Å². The maximum atomic E-state index is 12.3. The zero-order chi connectivity index (χ0) is 15.3. The second kappa shape index (κ2) is 7.19. The van der Waals surface area contributed by atoms with Crippen LogP contribution < -0.4 is 0 Å². The van der Waals surface area contributed by atoms with Crippen molar-refractivity contribution >= 4 is 31.9 Å². The van der Waals surface area contributed by atoms with Crippen molar-refractivity contribution in [3.05, 3.63) is 28.2 Å². The van der Waals surface area contributed by atoms with E-state index in [9.17, 15) is 13.2 Å². The zero-order valence-electron chi connectivity index (χ0n) is 11.7. The first-order chi connectivity index (χ1) is 9.28. The molecule has 0 N–H and O–H groups in total. The number of aryl methyl sites for hydroxylation is 1. The lowest BCUT2D eigenvalue weighted by Crippen LogP contribution is -2.28. The standard InChI is InChI=1S/C13H18BrNO4S/c1-10-9-11(6-7-12(10)14)20(17,18)15(2)8-4-5-13(16)19-3/h6-7,9H,4-5,8H2,1-3H3. The number of methoxy groups -OCH3 is 1. The van der Waals surface area contributed by atoms with Gasteiger partial charge in [-0.15, -0.1) is 0 Å². The Hall–Kier alpha value is -0.920. The highest BCUT2D eigenvalue weighted by Gasteiger charge is 2.21. The van der Waals surface area contributed by atoms with Crippen molar-refractivity contribution in [2.45, 2.75) is 24.7 Å². The predicted molar refractivity (Wildman–Crippen MR) is 79.9 cm³/mol. The van der Waals surface area contributed by atoms with Gasteiger partial charge in [0.2, 0.25) is 10.0 Å². The van der Waals surface area contributed by atoms with Crippen LogP contribution in [0, 0.1) is 6.92 Å². The SMILES string of the molecule is COC(=O)CCCN(C)S(=O)(=O)c1ccc(Br)c(C)c1. The fraction of sp³-hybridized carbons (Fsp3) is 0.462. The van der Waals surface area contributed by atoms with Crippen LogP contribution in [0.25, 0.3) is 0 Å². The van der Waals surface area contributed by atoms with E-state index in [1.165, 1.54) is 18.5 Å². The summed E-state index contributed by atoms with van der Waals surface area (Å²) < 4.78 is 31.3. The fourth-order valence-electron chi connectivity index (χ4n) is 1.63. The van der Waals surface area contributed by atoms with E-state index in [2.05, 4.69) is 20.7 Å². The molecule has 0 bridgehead atoms. The minimum absolute atomic E-state index is 0.204. The Kier molecular flexibility index (Phi) is 6.16. The second-order valence-corrected chi connectivity index (χ2v) is 7.32. The third kappa shape index (κ3) is 4.29. The molecule has 0 atom stereocenters. The summed E-state index contributed by atoms with van der Waals surface area (Å²) >= 11 is 3.34. The van der Waals surface area contributed by atoms with Gasteiger partial charge in [-0.3, -0.25) is 4.79 Å². The summed E-state index contributed by atoms with van der Waals surface area (Å²) in [7, 11) is -0.706. The minimum Gasteiger partial charge on any atom is -0.469 e. The molecule has 0 saturated carbocycles. The Morgan fingerprint density at radius 2 is 2.05 bits per heavy atom. The van der Waals surface area contributed by atoms with Gasteiger partial charge in [-0.2, -0.15) is 0 Å². The number of esters is 1. The lowest BCUT2D eigenvalue weighted by molar-refractivity contribution is -0.140. The molecule has 7 heteroatoms. The van der Waals surface area contributed by atoms with Crippen LogP contribution in [0.15, 0.2) is 27.6 Å². The molecule has 0 saturated heterocycles. The summed E-state index contributed by atoms with van der Waals surface area (Å²) in [6.45, 7) is 2.10. The Morgan fingerprint density at radius 1 is 1.40 bits per heavy atom. The quantitative estimate of drug-likeness (QED) is 0.727. The number of carbonyl (C=O) groups excluding carboxylic acids is 1. The molecule has 1 aromatic rings. The van der Waals surface area contributed by atoms with Crippen molar-refractivity contribution in [1.82, 2.24) is 4.31 Å². The molecular formula is C13H18BrNO4S. The number of carbonyl (C=O) groups is 1. The van der Waals surface area contributed by atoms with Crippen LogP contribution in [0.3, 0.4) is 0 Å². The summed E-state index contributed by atoms with van der Waals surface area (Å²) in [5, 5.41) is 0. The molecule has 0 aliphatic carbocycles. The van der Waals surface area contributed by atoms with E-state index in [0.717, 1.165) is 10.0 Å². The van der Waals surface area contributed by atoms with E-state index in [0.29, 0.717) is 6.42 Å². The van der Waals surface area contributed by atoms with Crippen molar-refractivity contribution in [2.24, 2.45) is 0 Å². The third-order valence-electron chi connectivity index (χ3n) is 2.92. The van der Waals surface area contributed by atoms with Gasteiger partial charge in [-0.25, -0.2) is 12.7 Å². The van der Waals surface area contributed by atoms with Crippen molar-refractivity contribution < 1.29 is 17.9 Å². The molecule has 1 aromatic carbocycles. The number of halogens is 1. The highest BCUT2D eigenvalue weighted by molar-refractivity contribution is 9.10. The lowest BCUT2D eigenvalue weighted by Gasteiger charge is -2.17. The first-order valence-corrected chi connectivity index (χ1v) is 8.31. The van der Waals surface area contributed by atoms with Crippen molar-refractivity contribution in [3.63, 3.8) is 0 Å². The normalized spacial score (nSPS) is 11.7. The molecule has 0 heterocycles. The predicted octanol–water partition coefficient (Wildman–Crippen LogP) is 2.33. The smallest absolute Gasteiger partial charge is 0.305 e. The van der Waals surface area contributed by atoms with Gasteiger partial charge in [-0.1, -0.05) is 15.9 Å². The van der Waals surface area contributed by atoms with E-state index < -0.39 is 10.0 Å². The van der Waals surface area contributed by atoms with E-state index >= 15 is 0 Å². The van der Waals surface area contributed by atoms with Gasteiger partial charge in [0.1, 0.15) is 0 Å². The maximum absolute atomic E-state index is 12.3. The minimum atomic E-state index is -3.52. The topological polar surface area (TPSA) is 63.7 Å². The molecule has 0 spiro atoms. The van der Waals surface area contributed by atoms with Crippen LogP contribution in [0.5, 0.6) is 0 Å². The van der Waals surface area contributed by atoms with Crippen LogP contribution in [0.1, 0.15) is 18.4 Å². The summed E-state index contributed by atoms with van der Waals surface area (Å²) in [5.41, 5.74) is 0.856. The average Bonchev–Trinajstić information content (AvgIpc) is 2.41. The van der Waals surface area contributed by atoms with Gasteiger partial charge < -0.3 is 4.74 Å². The molecule has 1 rings (SSSR count). The van der Waals surface area contributed by atoms with Crippen molar-refractivity contribution in [1.29, 1.82) is 0 Å². The summed E-state index contributed by atoms with van der Waals surface area (Å²) in [4.78, 5) is 11.2. The summed E-state index contributed by atoms with van der Waals surface area (Å²) in [6.07, 6.45) is 0.633. The Morgan fingerprint density at radius 3 is 2.60 bits per heavy atom. The molecule has 0 fully saturated rings. The molecule has 0 aromatic heterocycles. The zero-order valence-corrected chi connectivity index (χ0v) is 14.1. The molecule has 5 nitrogen and oxygen atoms in total. The molecule has 0 aliphatic rings. The van der Waals surface area contributed by atoms with Crippen LogP contribution in [-0.2, 0) is 19.6 Å². The van der Waals surface area contributed by atoms with Crippen LogP contribution in [0.4, 0.5) is 0 Å². The number of rotatable bonds is 6. The van der Waals surface area contributed by atoms with Crippen LogP contribution >= 0.6 is 15.9 Å². The molecule has 20 heavy (non-hydrogen) atoms. The number of benzene rings is 1. The van der Waals surface area contributed by atoms with E-state index in [-0.39, 0.29) is 23.8 Å². The third-order valence-corrected chi connectivity index (χ3v) is 5.66. The van der Waals surface area contributed by atoms with Gasteiger partial charge >= 0.3 is 5.97 Å². The number of hydrogen-bond donors (Lipinski definition) is 0. The molecule has 0 radical (unpaired) electrons. The highest BCUT2D eigenvalue weighted by atomic mass is 79.9. The molecule has 112 valence electrons. The number of nitrogens with zero attached hydrogens (tertiary/aromatic N) is 1. The van der Waals surface area contributed by atoms with E-state index in [1.54, 1.807) is 18.2 Å². The molecule has 0 aliphatic heterocycles. The van der Waals surface area contributed by atoms with Gasteiger partial charge in [0.15, 0.2) is 0 Å². The van der Waals surface area contributed by atoms with E-state index in [1.807, 2.05) is 6.92 Å². The van der Waals surface area contributed by atoms with Crippen molar-refractivity contribution in [2.75, 3.05) is 20.7 Å². The lowest BCUT2D eigenvalue weighted by atomic mass is 10.2. The highest BCUT2D eigenvalue weighted by Crippen LogP contribution is 2.22. The number of hydrogen-bond acceptors (Lipinski definition) is 4. The Balaban J connectivity index is 2.77. The Bertz CT molecular complexity index is 586. The van der Waals surface area contributed by atoms with Crippen LogP contribution in [-0.4, -0.2) is 39.4 Å². The number of ether oxygens (including phenoxy) is 1. The monoisotopic (exact) mass is 363 g/mol. The maximum Gasteiger partial charge on any atom is 0.305 e. The van der Waals surface area contributed by atoms with Crippen LogP contribution in [0.2, 0.25) is 0 Å². The van der Waals surface area contributed by atoms with Gasteiger partial charge in [0.05, 0.1) is 12.0 Å². The summed E-state index contributed by atoms with van der Waals surface area (Å²) in [6, 6.07) is 4.89. The molecular weight excluding hydrogens is 346 g/mol. The van der Waals surface area contributed by atoms with E-state index in [4.69, 9.17) is 0 Å². The molecule has 0 amide bonds. The largest absolute Gasteiger partial charge is 0.469 e. The number of sulfonamides is 1. The first-order valence-electron chi connectivity index (χ1n) is 6.08. The van der Waals surface area contributed by atoms with Gasteiger partial charge in [-0.05, 0) is 37.1 Å². The average molecular weight is 364 g/mol. The fourth-order valence-corrected chi connectivity index (χ4v) is 3.17. The molecule has 0 unspecified atom stereocenters. The Labute approximate surface area is 128 Å². The second-order valence-electron chi connectivity index (χ2n) is 4.42. The summed E-state index contributed by atoms with van der Waals surface area (Å²) in [5.74, 6) is -0.338. The van der Waals surface area contributed by atoms with Gasteiger partial charge in [0.25, 0.3) is 0 Å². The van der Waals surface area contributed by atoms with Gasteiger partial charge in [0, 0.05) is 24.5 Å².